The minimum absolute atomic E-state index is 0.250. The van der Waals surface area contributed by atoms with Crippen molar-refractivity contribution in [3.8, 4) is 17.2 Å². The zero-order chi connectivity index (χ0) is 19.3. The number of nitriles is 1. The third-order valence-corrected chi connectivity index (χ3v) is 6.27. The lowest BCUT2D eigenvalue weighted by Crippen LogP contribution is -2.28. The summed E-state index contributed by atoms with van der Waals surface area (Å²) in [5.41, 5.74) is 3.93. The Bertz CT molecular complexity index is 1010. The summed E-state index contributed by atoms with van der Waals surface area (Å²) in [4.78, 5) is 14.2. The van der Waals surface area contributed by atoms with Crippen LogP contribution < -0.4 is 0 Å². The molecular formula is C22H20N2O2S. The quantitative estimate of drug-likeness (QED) is 0.610. The van der Waals surface area contributed by atoms with Crippen LogP contribution in [0.25, 0.3) is 22.0 Å². The van der Waals surface area contributed by atoms with E-state index in [1.165, 1.54) is 29.5 Å². The van der Waals surface area contributed by atoms with Crippen LogP contribution in [0.4, 0.5) is 0 Å². The van der Waals surface area contributed by atoms with E-state index in [9.17, 15) is 0 Å². The van der Waals surface area contributed by atoms with Crippen molar-refractivity contribution in [3.63, 3.8) is 0 Å². The Morgan fingerprint density at radius 3 is 2.59 bits per heavy atom. The lowest BCUT2D eigenvalue weighted by molar-refractivity contribution is -0.122. The average molecular weight is 376 g/mol. The number of thioether (sulfide) groups is 1. The van der Waals surface area contributed by atoms with Crippen molar-refractivity contribution in [2.75, 3.05) is 0 Å². The summed E-state index contributed by atoms with van der Waals surface area (Å²) in [6, 6.07) is 18.5. The van der Waals surface area contributed by atoms with Gasteiger partial charge in [-0.25, -0.2) is 0 Å². The molecule has 0 saturated heterocycles. The summed E-state index contributed by atoms with van der Waals surface area (Å²) in [6.45, 7) is 2.10. The fourth-order valence-electron chi connectivity index (χ4n) is 3.20. The molecule has 0 radical (unpaired) electrons. The van der Waals surface area contributed by atoms with Crippen molar-refractivity contribution in [3.05, 3.63) is 60.3 Å². The molecule has 1 saturated carbocycles. The number of fused-ring (bicyclic) bond motifs is 1. The summed E-state index contributed by atoms with van der Waals surface area (Å²) in [7, 11) is 0. The predicted octanol–water partition coefficient (Wildman–Crippen LogP) is 5.51. The third kappa shape index (κ3) is 4.29. The molecule has 0 atom stereocenters. The van der Waals surface area contributed by atoms with Gasteiger partial charge < -0.3 is 5.11 Å². The number of carbonyl (C=O) groups is 1. The van der Waals surface area contributed by atoms with Crippen LogP contribution in [0.1, 0.15) is 31.7 Å². The number of pyridine rings is 1. The van der Waals surface area contributed by atoms with Crippen LogP contribution in [0.2, 0.25) is 0 Å². The average Bonchev–Trinajstić information content (AvgIpc) is 2.67. The molecule has 0 bridgehead atoms. The molecule has 5 heteroatoms. The van der Waals surface area contributed by atoms with Gasteiger partial charge in [0.05, 0.1) is 17.1 Å². The monoisotopic (exact) mass is 376 g/mol. The number of nitrogens with zero attached hydrogens (tertiary/aromatic N) is 2. The molecule has 4 rings (SSSR count). The highest BCUT2D eigenvalue weighted by molar-refractivity contribution is 8.01. The lowest BCUT2D eigenvalue weighted by atomic mass is 9.86. The number of rotatable bonds is 3. The predicted molar refractivity (Wildman–Crippen MR) is 109 cm³/mol. The highest BCUT2D eigenvalue weighted by atomic mass is 32.2. The molecule has 0 aliphatic heterocycles. The van der Waals surface area contributed by atoms with Crippen LogP contribution in [0.3, 0.4) is 0 Å². The van der Waals surface area contributed by atoms with E-state index in [4.69, 9.17) is 15.2 Å². The SMILES string of the molecule is CC1(Sc2ccnc3ccc(-c4cccc(C#N)c4)cc23)CCC1.O=CO. The van der Waals surface area contributed by atoms with E-state index in [1.54, 1.807) is 0 Å². The second-order valence-electron chi connectivity index (χ2n) is 6.74. The Balaban J connectivity index is 0.000000659. The molecule has 2 aromatic carbocycles. The van der Waals surface area contributed by atoms with Crippen LogP contribution in [-0.4, -0.2) is 21.3 Å². The molecular weight excluding hydrogens is 356 g/mol. The molecule has 1 aliphatic rings. The van der Waals surface area contributed by atoms with Crippen LogP contribution in [0.5, 0.6) is 0 Å². The minimum atomic E-state index is -0.250. The molecule has 0 unspecified atom stereocenters. The molecule has 136 valence electrons. The molecule has 3 aromatic rings. The Labute approximate surface area is 162 Å². The Hall–Kier alpha value is -2.84. The van der Waals surface area contributed by atoms with E-state index in [0.717, 1.165) is 16.6 Å². The highest BCUT2D eigenvalue weighted by Crippen LogP contribution is 2.48. The zero-order valence-corrected chi connectivity index (χ0v) is 15.9. The first-order valence-corrected chi connectivity index (χ1v) is 9.56. The maximum Gasteiger partial charge on any atom is 0.290 e. The number of carboxylic acid groups (broad SMARTS) is 1. The normalized spacial score (nSPS) is 14.4. The van der Waals surface area contributed by atoms with Gasteiger partial charge in [0.15, 0.2) is 0 Å². The van der Waals surface area contributed by atoms with Gasteiger partial charge in [-0.1, -0.05) is 31.5 Å². The van der Waals surface area contributed by atoms with E-state index in [-0.39, 0.29) is 6.47 Å². The van der Waals surface area contributed by atoms with Gasteiger partial charge in [-0.3, -0.25) is 9.78 Å². The summed E-state index contributed by atoms with van der Waals surface area (Å²) in [5.74, 6) is 0. The van der Waals surface area contributed by atoms with Crippen molar-refractivity contribution < 1.29 is 9.90 Å². The van der Waals surface area contributed by atoms with E-state index >= 15 is 0 Å². The fraction of sp³-hybridized carbons (Fsp3) is 0.227. The summed E-state index contributed by atoms with van der Waals surface area (Å²) >= 11 is 1.98. The first kappa shape index (κ1) is 18.9. The smallest absolute Gasteiger partial charge is 0.290 e. The molecule has 1 N–H and O–H groups in total. The molecule has 0 amide bonds. The van der Waals surface area contributed by atoms with Gasteiger partial charge >= 0.3 is 0 Å². The molecule has 27 heavy (non-hydrogen) atoms. The molecule has 1 aliphatic carbocycles. The van der Waals surface area contributed by atoms with Crippen LogP contribution in [-0.2, 0) is 4.79 Å². The van der Waals surface area contributed by atoms with Gasteiger partial charge in [0.2, 0.25) is 0 Å². The Morgan fingerprint density at radius 1 is 1.19 bits per heavy atom. The van der Waals surface area contributed by atoms with E-state index in [2.05, 4.69) is 48.3 Å². The standard InChI is InChI=1S/C21H18N2S.CH2O2/c1-21(9-3-10-21)24-20-8-11-23-19-7-6-17(13-18(19)20)16-5-2-4-15(12-16)14-22;2-1-3/h2,4-8,11-13H,3,9-10H2,1H3;1H,(H,2,3). The van der Waals surface area contributed by atoms with Gasteiger partial charge in [-0.05, 0) is 54.3 Å². The van der Waals surface area contributed by atoms with E-state index < -0.39 is 0 Å². The van der Waals surface area contributed by atoms with Gasteiger partial charge in [-0.2, -0.15) is 5.26 Å². The molecule has 1 fully saturated rings. The van der Waals surface area contributed by atoms with Crippen molar-refractivity contribution in [2.45, 2.75) is 35.8 Å². The molecule has 0 spiro atoms. The van der Waals surface area contributed by atoms with E-state index in [0.29, 0.717) is 10.3 Å². The Kier molecular flexibility index (Phi) is 5.78. The van der Waals surface area contributed by atoms with Crippen LogP contribution in [0, 0.1) is 11.3 Å². The topological polar surface area (TPSA) is 74.0 Å². The van der Waals surface area contributed by atoms with Crippen molar-refractivity contribution in [1.82, 2.24) is 4.98 Å². The number of hydrogen-bond donors (Lipinski definition) is 1. The maximum atomic E-state index is 9.12. The second kappa shape index (κ2) is 8.24. The van der Waals surface area contributed by atoms with Crippen LogP contribution in [0.15, 0.2) is 59.6 Å². The molecule has 1 heterocycles. The summed E-state index contributed by atoms with van der Waals surface area (Å²) in [5, 5.41) is 17.2. The van der Waals surface area contributed by atoms with Crippen LogP contribution >= 0.6 is 11.8 Å². The first-order valence-electron chi connectivity index (χ1n) is 8.75. The molecule has 4 nitrogen and oxygen atoms in total. The van der Waals surface area contributed by atoms with Gasteiger partial charge in [-0.15, -0.1) is 11.8 Å². The summed E-state index contributed by atoms with van der Waals surface area (Å²) in [6.07, 6.45) is 5.80. The highest BCUT2D eigenvalue weighted by Gasteiger charge is 2.33. The van der Waals surface area contributed by atoms with Crippen molar-refractivity contribution >= 4 is 29.1 Å². The largest absolute Gasteiger partial charge is 0.483 e. The number of hydrogen-bond acceptors (Lipinski definition) is 4. The fourth-order valence-corrected chi connectivity index (χ4v) is 4.63. The first-order chi connectivity index (χ1) is 13.1. The lowest BCUT2D eigenvalue weighted by Gasteiger charge is -2.37. The number of aromatic nitrogens is 1. The van der Waals surface area contributed by atoms with Crippen molar-refractivity contribution in [1.29, 1.82) is 5.26 Å². The zero-order valence-electron chi connectivity index (χ0n) is 15.1. The van der Waals surface area contributed by atoms with E-state index in [1.807, 2.05) is 36.2 Å². The summed E-state index contributed by atoms with van der Waals surface area (Å²) < 4.78 is 0.366. The number of benzene rings is 2. The van der Waals surface area contributed by atoms with Crippen molar-refractivity contribution in [2.24, 2.45) is 0 Å². The van der Waals surface area contributed by atoms with Gasteiger partial charge in [0.1, 0.15) is 0 Å². The molecule has 1 aromatic heterocycles. The van der Waals surface area contributed by atoms with Gasteiger partial charge in [0, 0.05) is 21.2 Å². The minimum Gasteiger partial charge on any atom is -0.483 e. The van der Waals surface area contributed by atoms with Gasteiger partial charge in [0.25, 0.3) is 6.47 Å². The maximum absolute atomic E-state index is 9.12. The Morgan fingerprint density at radius 2 is 1.93 bits per heavy atom. The second-order valence-corrected chi connectivity index (χ2v) is 8.37. The third-order valence-electron chi connectivity index (χ3n) is 4.79.